The van der Waals surface area contributed by atoms with E-state index in [0.29, 0.717) is 17.3 Å². The second-order valence-corrected chi connectivity index (χ2v) is 5.50. The van der Waals surface area contributed by atoms with Crippen molar-refractivity contribution in [3.05, 3.63) is 89.2 Å². The second kappa shape index (κ2) is 7.07. The summed E-state index contributed by atoms with van der Waals surface area (Å²) in [6.45, 7) is 0.469. The molecule has 1 heterocycles. The molecule has 0 aliphatic rings. The Balaban J connectivity index is 1.62. The third kappa shape index (κ3) is 3.96. The van der Waals surface area contributed by atoms with E-state index in [0.717, 1.165) is 11.1 Å². The Morgan fingerprint density at radius 3 is 2.26 bits per heavy atom. The van der Waals surface area contributed by atoms with Gasteiger partial charge in [-0.1, -0.05) is 66.2 Å². The van der Waals surface area contributed by atoms with E-state index in [2.05, 4.69) is 34.6 Å². The van der Waals surface area contributed by atoms with Crippen LogP contribution in [-0.2, 0) is 6.54 Å². The molecule has 114 valence electrons. The van der Waals surface area contributed by atoms with E-state index in [4.69, 9.17) is 11.6 Å². The maximum absolute atomic E-state index is 12.0. The molecule has 1 amide bonds. The molecule has 3 nitrogen and oxygen atoms in total. The molecule has 1 N–H and O–H groups in total. The largest absolute Gasteiger partial charge is 0.348 e. The lowest BCUT2D eigenvalue weighted by molar-refractivity contribution is 0.0950. The minimum Gasteiger partial charge on any atom is -0.348 e. The number of hydrogen-bond acceptors (Lipinski definition) is 2. The molecule has 0 fully saturated rings. The molecule has 0 saturated carbocycles. The van der Waals surface area contributed by atoms with Crippen LogP contribution in [0, 0.1) is 0 Å². The molecule has 4 heteroatoms. The molecule has 0 aliphatic carbocycles. The van der Waals surface area contributed by atoms with Gasteiger partial charge in [-0.05, 0) is 28.8 Å². The van der Waals surface area contributed by atoms with Gasteiger partial charge in [0.25, 0.3) is 5.91 Å². The first-order valence-corrected chi connectivity index (χ1v) is 7.64. The predicted octanol–water partition coefficient (Wildman–Crippen LogP) is 4.33. The van der Waals surface area contributed by atoms with E-state index in [-0.39, 0.29) is 5.91 Å². The van der Waals surface area contributed by atoms with Crippen molar-refractivity contribution < 1.29 is 4.79 Å². The number of aromatic nitrogens is 1. The quantitative estimate of drug-likeness (QED) is 0.726. The number of carbonyl (C=O) groups is 1. The zero-order valence-electron chi connectivity index (χ0n) is 12.4. The third-order valence-corrected chi connectivity index (χ3v) is 3.73. The fourth-order valence-corrected chi connectivity index (χ4v) is 2.35. The number of pyridine rings is 1. The number of halogens is 1. The van der Waals surface area contributed by atoms with E-state index in [1.807, 2.05) is 30.3 Å². The van der Waals surface area contributed by atoms with Gasteiger partial charge in [-0.15, -0.1) is 0 Å². The van der Waals surface area contributed by atoms with Crippen molar-refractivity contribution in [2.45, 2.75) is 6.54 Å². The molecule has 0 spiro atoms. The number of amides is 1. The number of rotatable bonds is 4. The fourth-order valence-electron chi connectivity index (χ4n) is 2.24. The summed E-state index contributed by atoms with van der Waals surface area (Å²) >= 11 is 5.71. The molecule has 0 atom stereocenters. The van der Waals surface area contributed by atoms with Crippen LogP contribution in [0.15, 0.2) is 72.9 Å². The fraction of sp³-hybridized carbons (Fsp3) is 0.0526. The lowest BCUT2D eigenvalue weighted by atomic mass is 10.0. The first-order valence-electron chi connectivity index (χ1n) is 7.26. The van der Waals surface area contributed by atoms with Crippen molar-refractivity contribution in [3.63, 3.8) is 0 Å². The van der Waals surface area contributed by atoms with Crippen LogP contribution in [0.1, 0.15) is 15.9 Å². The summed E-state index contributed by atoms with van der Waals surface area (Å²) in [7, 11) is 0. The van der Waals surface area contributed by atoms with Crippen molar-refractivity contribution in [3.8, 4) is 11.1 Å². The Morgan fingerprint density at radius 1 is 0.913 bits per heavy atom. The molecule has 2 aromatic carbocycles. The highest BCUT2D eigenvalue weighted by atomic mass is 35.5. The number of hydrogen-bond donors (Lipinski definition) is 1. The van der Waals surface area contributed by atoms with Gasteiger partial charge >= 0.3 is 0 Å². The number of benzene rings is 2. The van der Waals surface area contributed by atoms with Gasteiger partial charge in [-0.2, -0.15) is 0 Å². The number of nitrogens with one attached hydrogen (secondary N) is 1. The summed E-state index contributed by atoms with van der Waals surface area (Å²) in [5.41, 5.74) is 3.87. The Morgan fingerprint density at radius 2 is 1.61 bits per heavy atom. The van der Waals surface area contributed by atoms with Gasteiger partial charge in [0.05, 0.1) is 5.56 Å². The lowest BCUT2D eigenvalue weighted by Gasteiger charge is -2.07. The highest BCUT2D eigenvalue weighted by Crippen LogP contribution is 2.19. The Hall–Kier alpha value is -2.65. The summed E-state index contributed by atoms with van der Waals surface area (Å²) in [5.74, 6) is -0.165. The van der Waals surface area contributed by atoms with Crippen LogP contribution in [-0.4, -0.2) is 10.9 Å². The Bertz CT molecular complexity index is 784. The van der Waals surface area contributed by atoms with Crippen LogP contribution in [0.5, 0.6) is 0 Å². The van der Waals surface area contributed by atoms with Gasteiger partial charge in [0.2, 0.25) is 0 Å². The maximum Gasteiger partial charge on any atom is 0.253 e. The van der Waals surface area contributed by atoms with Gasteiger partial charge < -0.3 is 5.32 Å². The van der Waals surface area contributed by atoms with E-state index < -0.39 is 0 Å². The van der Waals surface area contributed by atoms with E-state index >= 15 is 0 Å². The van der Waals surface area contributed by atoms with E-state index in [1.165, 1.54) is 11.8 Å². The molecule has 23 heavy (non-hydrogen) atoms. The second-order valence-electron chi connectivity index (χ2n) is 5.12. The molecule has 0 bridgehead atoms. The summed E-state index contributed by atoms with van der Waals surface area (Å²) in [6, 6.07) is 21.6. The van der Waals surface area contributed by atoms with Crippen LogP contribution in [0.4, 0.5) is 0 Å². The number of nitrogens with zero attached hydrogens (tertiary/aromatic N) is 1. The third-order valence-electron chi connectivity index (χ3n) is 3.50. The summed E-state index contributed by atoms with van der Waals surface area (Å²) in [4.78, 5) is 15.9. The monoisotopic (exact) mass is 322 g/mol. The lowest BCUT2D eigenvalue weighted by Crippen LogP contribution is -2.22. The van der Waals surface area contributed by atoms with Gasteiger partial charge in [-0.25, -0.2) is 4.98 Å². The average Bonchev–Trinajstić information content (AvgIpc) is 2.61. The molecule has 0 radical (unpaired) electrons. The number of carbonyl (C=O) groups excluding carboxylic acids is 1. The zero-order chi connectivity index (χ0) is 16.1. The smallest absolute Gasteiger partial charge is 0.253 e. The summed E-state index contributed by atoms with van der Waals surface area (Å²) in [6.07, 6.45) is 1.47. The molecule has 0 unspecified atom stereocenters. The molecule has 0 saturated heterocycles. The molecule has 1 aromatic heterocycles. The average molecular weight is 323 g/mol. The van der Waals surface area contributed by atoms with Crippen molar-refractivity contribution in [2.24, 2.45) is 0 Å². The minimum atomic E-state index is -0.165. The van der Waals surface area contributed by atoms with Crippen LogP contribution in [0.25, 0.3) is 11.1 Å². The molecular formula is C19H15ClN2O. The highest BCUT2D eigenvalue weighted by molar-refractivity contribution is 6.29. The van der Waals surface area contributed by atoms with Crippen molar-refractivity contribution in [1.29, 1.82) is 0 Å². The molecule has 3 rings (SSSR count). The summed E-state index contributed by atoms with van der Waals surface area (Å²) < 4.78 is 0. The highest BCUT2D eigenvalue weighted by Gasteiger charge is 2.05. The summed E-state index contributed by atoms with van der Waals surface area (Å²) in [5, 5.41) is 3.25. The van der Waals surface area contributed by atoms with E-state index in [9.17, 15) is 4.79 Å². The van der Waals surface area contributed by atoms with Crippen LogP contribution < -0.4 is 5.32 Å². The van der Waals surface area contributed by atoms with Crippen molar-refractivity contribution in [1.82, 2.24) is 10.3 Å². The molecular weight excluding hydrogens is 308 g/mol. The normalized spacial score (nSPS) is 10.3. The topological polar surface area (TPSA) is 42.0 Å². The zero-order valence-corrected chi connectivity index (χ0v) is 13.1. The Labute approximate surface area is 140 Å². The van der Waals surface area contributed by atoms with Gasteiger partial charge in [0, 0.05) is 12.7 Å². The van der Waals surface area contributed by atoms with Crippen LogP contribution in [0.3, 0.4) is 0 Å². The minimum absolute atomic E-state index is 0.165. The first kappa shape index (κ1) is 15.3. The molecule has 0 aliphatic heterocycles. The van der Waals surface area contributed by atoms with Crippen molar-refractivity contribution in [2.75, 3.05) is 0 Å². The standard InChI is InChI=1S/C19H15ClN2O/c20-18-11-10-17(13-21-18)19(23)22-12-14-6-8-16(9-7-14)15-4-2-1-3-5-15/h1-11,13H,12H2,(H,22,23). The van der Waals surface area contributed by atoms with Gasteiger partial charge in [0.1, 0.15) is 5.15 Å². The van der Waals surface area contributed by atoms with E-state index in [1.54, 1.807) is 12.1 Å². The molecule has 3 aromatic rings. The maximum atomic E-state index is 12.0. The first-order chi connectivity index (χ1) is 11.2. The van der Waals surface area contributed by atoms with Gasteiger partial charge in [-0.3, -0.25) is 4.79 Å². The van der Waals surface area contributed by atoms with Gasteiger partial charge in [0.15, 0.2) is 0 Å². The van der Waals surface area contributed by atoms with Crippen LogP contribution in [0.2, 0.25) is 5.15 Å². The Kier molecular flexibility index (Phi) is 4.69. The SMILES string of the molecule is O=C(NCc1ccc(-c2ccccc2)cc1)c1ccc(Cl)nc1. The predicted molar refractivity (Wildman–Crippen MR) is 92.3 cm³/mol. The van der Waals surface area contributed by atoms with Crippen LogP contribution >= 0.6 is 11.6 Å². The van der Waals surface area contributed by atoms with Crippen molar-refractivity contribution >= 4 is 17.5 Å².